The number of rotatable bonds is 38. The van der Waals surface area contributed by atoms with Gasteiger partial charge in [-0.15, -0.1) is 6.58 Å². The van der Waals surface area contributed by atoms with Gasteiger partial charge in [-0.05, 0) is 91.0 Å². The topological polar surface area (TPSA) is 230 Å². The largest absolute Gasteiger partial charge is 0.459 e. The number of carbonyl (C=O) groups excluding carboxylic acids is 2. The Bertz CT molecular complexity index is 2370. The predicted octanol–water partition coefficient (Wildman–Crippen LogP) is 11.1. The van der Waals surface area contributed by atoms with Gasteiger partial charge in [0.1, 0.15) is 30.8 Å². The maximum atomic E-state index is 14.9. The second-order valence-electron chi connectivity index (χ2n) is 20.6. The van der Waals surface area contributed by atoms with Gasteiger partial charge in [-0.2, -0.15) is 0 Å². The van der Waals surface area contributed by atoms with Crippen LogP contribution in [0, 0.1) is 27.9 Å². The molecular formula is C61H86N4O14. The average Bonchev–Trinajstić information content (AvgIpc) is 3.64. The van der Waals surface area contributed by atoms with Crippen molar-refractivity contribution in [1.82, 2.24) is 10.2 Å². The summed E-state index contributed by atoms with van der Waals surface area (Å²) in [5.41, 5.74) is 3.59. The zero-order valence-electron chi connectivity index (χ0n) is 46.4. The molecule has 0 radical (unpaired) electrons. The maximum Gasteiger partial charge on any atom is 0.412 e. The van der Waals surface area contributed by atoms with Crippen LogP contribution in [0.3, 0.4) is 0 Å². The summed E-state index contributed by atoms with van der Waals surface area (Å²) in [5.74, 6) is -2.19. The van der Waals surface area contributed by atoms with Gasteiger partial charge in [0, 0.05) is 56.3 Å². The number of unbranched alkanes of at least 4 members (excludes halogenated alkanes) is 11. The van der Waals surface area contributed by atoms with Gasteiger partial charge in [-0.1, -0.05) is 125 Å². The molecule has 2 amide bonds. The fourth-order valence-corrected chi connectivity index (χ4v) is 11.3. The lowest BCUT2D eigenvalue weighted by Gasteiger charge is -2.59. The molecular weight excluding hydrogens is 1010 g/mol. The van der Waals surface area contributed by atoms with Crippen molar-refractivity contribution in [3.63, 3.8) is 0 Å². The molecule has 18 heteroatoms. The highest BCUT2D eigenvalue weighted by Gasteiger charge is 2.65. The van der Waals surface area contributed by atoms with Crippen LogP contribution in [0.25, 0.3) is 0 Å². The Kier molecular flexibility index (Phi) is 27.1. The minimum atomic E-state index is -1.64. The first-order valence-corrected chi connectivity index (χ1v) is 28.8. The monoisotopic (exact) mass is 1100 g/mol. The Balaban J connectivity index is 1.40. The van der Waals surface area contributed by atoms with Crippen LogP contribution in [0.5, 0.6) is 11.5 Å². The maximum absolute atomic E-state index is 14.9. The first kappa shape index (κ1) is 62.3. The third-order valence-corrected chi connectivity index (χ3v) is 15.1. The molecule has 4 N–H and O–H groups in total. The highest BCUT2D eigenvalue weighted by molar-refractivity contribution is 6.03. The van der Waals surface area contributed by atoms with E-state index >= 15 is 0 Å². The molecule has 434 valence electrons. The van der Waals surface area contributed by atoms with Gasteiger partial charge in [0.2, 0.25) is 5.79 Å². The zero-order valence-corrected chi connectivity index (χ0v) is 46.4. The van der Waals surface area contributed by atoms with Gasteiger partial charge >= 0.3 is 12.2 Å². The van der Waals surface area contributed by atoms with Gasteiger partial charge in [0.15, 0.2) is 0 Å². The number of allylic oxidation sites excluding steroid dienone is 1. The van der Waals surface area contributed by atoms with E-state index in [0.717, 1.165) is 42.4 Å². The molecule has 0 saturated heterocycles. The highest BCUT2D eigenvalue weighted by atomic mass is 16.7. The van der Waals surface area contributed by atoms with Crippen molar-refractivity contribution in [2.24, 2.45) is 22.9 Å². The number of nitro groups is 1. The van der Waals surface area contributed by atoms with E-state index in [0.29, 0.717) is 68.0 Å². The van der Waals surface area contributed by atoms with E-state index in [1.807, 2.05) is 36.4 Å². The fraction of sp³-hybridized carbons (Fsp3) is 0.590. The number of aliphatic hydroxyl groups is 3. The summed E-state index contributed by atoms with van der Waals surface area (Å²) in [5, 5.41) is 49.1. The van der Waals surface area contributed by atoms with Crippen molar-refractivity contribution in [2.45, 2.75) is 147 Å². The molecule has 79 heavy (non-hydrogen) atoms. The van der Waals surface area contributed by atoms with E-state index in [2.05, 4.69) is 24.9 Å². The molecule has 0 bridgehead atoms. The quantitative estimate of drug-likeness (QED) is 0.0181. The second-order valence-corrected chi connectivity index (χ2v) is 20.6. The van der Waals surface area contributed by atoms with E-state index in [4.69, 9.17) is 38.4 Å². The number of aliphatic hydroxyl groups excluding tert-OH is 3. The van der Waals surface area contributed by atoms with Crippen molar-refractivity contribution in [2.75, 3.05) is 65.9 Å². The number of carbonyl (C=O) groups is 2. The van der Waals surface area contributed by atoms with E-state index in [1.54, 1.807) is 30.3 Å². The van der Waals surface area contributed by atoms with Crippen LogP contribution in [0.4, 0.5) is 15.3 Å². The number of nitrogens with one attached hydrogen (secondary N) is 1. The van der Waals surface area contributed by atoms with Crippen LogP contribution < -0.4 is 14.8 Å². The molecule has 18 nitrogen and oxygen atoms in total. The van der Waals surface area contributed by atoms with E-state index < -0.39 is 40.8 Å². The lowest BCUT2D eigenvalue weighted by Crippen LogP contribution is -2.70. The van der Waals surface area contributed by atoms with E-state index in [1.165, 1.54) is 62.0 Å². The minimum absolute atomic E-state index is 0.00703. The number of amides is 2. The Hall–Kier alpha value is -5.89. The molecule has 6 atom stereocenters. The number of nitrogens with zero attached hydrogens (tertiary/aromatic N) is 3. The average molecular weight is 1100 g/mol. The minimum Gasteiger partial charge on any atom is -0.459 e. The Morgan fingerprint density at radius 3 is 2.23 bits per heavy atom. The normalized spacial score (nSPS) is 20.5. The van der Waals surface area contributed by atoms with E-state index in [9.17, 15) is 35.0 Å². The van der Waals surface area contributed by atoms with Crippen LogP contribution in [0.2, 0.25) is 0 Å². The van der Waals surface area contributed by atoms with Crippen molar-refractivity contribution in [3.8, 4) is 11.5 Å². The number of oxime groups is 1. The van der Waals surface area contributed by atoms with Crippen LogP contribution in [0.1, 0.15) is 139 Å². The number of non-ortho nitro benzene ring substituents is 1. The summed E-state index contributed by atoms with van der Waals surface area (Å²) in [4.78, 5) is 47.1. The number of nitro benzene ring substituents is 1. The standard InChI is InChI=1S/C61H86N4O14/c1-3-5-6-7-8-9-10-11-12-18-31-62-59(69)78-50-29-30-55-53(42-50)57-51(24-17-20-34-67)48(23-16-19-33-66)41-52-54(63-77-45-47-25-27-49(28-26-47)65(71)72)43-56(61(79-55,58(52)57)76-36-4-2)64(32-37-73-38-35-68)60(70)75-40-39-74-44-46-21-14-13-15-22-46/h4,13-15,21-22,25-30,41-42,48,51,56-58,66-68H,2-3,5-12,16-20,23-24,31-40,43-45H2,1H3,(H,62,69)/t48-,51+,56-,57+,58+,61+/m0/s1. The van der Waals surface area contributed by atoms with Gasteiger partial charge < -0.3 is 53.9 Å². The third kappa shape index (κ3) is 18.6. The van der Waals surface area contributed by atoms with Crippen LogP contribution in [-0.4, -0.2) is 121 Å². The molecule has 0 unspecified atom stereocenters. The molecule has 3 aromatic carbocycles. The molecule has 0 spiro atoms. The Morgan fingerprint density at radius 1 is 0.823 bits per heavy atom. The summed E-state index contributed by atoms with van der Waals surface area (Å²) in [6, 6.07) is 20.1. The van der Waals surface area contributed by atoms with Crippen LogP contribution in [0.15, 0.2) is 102 Å². The SMILES string of the molecule is C=CCO[C@@]12Oc3ccc(OC(=O)NCCCCCCCCCCCC)cc3[C@H]3[C@H](CCCCO)[C@@H](CCCCO)C=C(C(=NOCc4ccc([N+](=O)[O-])cc4)C[C@@H]1N(CCOCCO)C(=O)OCCOCc1ccccc1)[C@H]32. The molecule has 1 fully saturated rings. The first-order chi connectivity index (χ1) is 38.7. The number of ether oxygens (including phenoxy) is 6. The van der Waals surface area contributed by atoms with E-state index in [-0.39, 0.29) is 90.0 Å². The molecule has 6 rings (SSSR count). The highest BCUT2D eigenvalue weighted by Crippen LogP contribution is 2.62. The Morgan fingerprint density at radius 2 is 1.53 bits per heavy atom. The number of hydrogen-bond acceptors (Lipinski definition) is 15. The molecule has 0 aromatic heterocycles. The second kappa shape index (κ2) is 34.3. The number of hydrogen-bond donors (Lipinski definition) is 4. The summed E-state index contributed by atoms with van der Waals surface area (Å²) in [7, 11) is 0. The van der Waals surface area contributed by atoms with Gasteiger partial charge in [-0.3, -0.25) is 15.0 Å². The van der Waals surface area contributed by atoms with Gasteiger partial charge in [0.05, 0.1) is 56.2 Å². The fourth-order valence-electron chi connectivity index (χ4n) is 11.3. The zero-order chi connectivity index (χ0) is 56.1. The molecule has 3 aromatic rings. The van der Waals surface area contributed by atoms with Crippen molar-refractivity contribution >= 4 is 23.6 Å². The summed E-state index contributed by atoms with van der Waals surface area (Å²) >= 11 is 0. The predicted molar refractivity (Wildman–Crippen MR) is 301 cm³/mol. The van der Waals surface area contributed by atoms with Crippen LogP contribution >= 0.6 is 0 Å². The lowest BCUT2D eigenvalue weighted by atomic mass is 9.55. The summed E-state index contributed by atoms with van der Waals surface area (Å²) in [6.07, 6.45) is 18.3. The van der Waals surface area contributed by atoms with Crippen LogP contribution in [-0.2, 0) is 37.0 Å². The molecule has 1 heterocycles. The first-order valence-electron chi connectivity index (χ1n) is 28.8. The Labute approximate surface area is 466 Å². The van der Waals surface area contributed by atoms with Crippen molar-refractivity contribution in [3.05, 3.63) is 124 Å². The summed E-state index contributed by atoms with van der Waals surface area (Å²) < 4.78 is 38.2. The third-order valence-electron chi connectivity index (χ3n) is 15.1. The molecule has 1 aliphatic heterocycles. The van der Waals surface area contributed by atoms with Gasteiger partial charge in [-0.25, -0.2) is 9.59 Å². The molecule has 3 aliphatic rings. The molecule has 1 saturated carbocycles. The summed E-state index contributed by atoms with van der Waals surface area (Å²) in [6.45, 7) is 6.90. The number of fused-ring (bicyclic) bond motifs is 2. The number of benzene rings is 3. The lowest BCUT2D eigenvalue weighted by molar-refractivity contribution is -0.384. The van der Waals surface area contributed by atoms with Crippen molar-refractivity contribution in [1.29, 1.82) is 0 Å². The van der Waals surface area contributed by atoms with Gasteiger partial charge in [0.25, 0.3) is 5.69 Å². The van der Waals surface area contributed by atoms with Crippen molar-refractivity contribution < 1.29 is 63.1 Å². The molecule has 2 aliphatic carbocycles. The smallest absolute Gasteiger partial charge is 0.412 e.